The highest BCUT2D eigenvalue weighted by Gasteiger charge is 2.33. The van der Waals surface area contributed by atoms with Crippen molar-refractivity contribution in [2.45, 2.75) is 33.0 Å². The number of piperazine rings is 1. The number of nitrogens with zero attached hydrogens (tertiary/aromatic N) is 5. The van der Waals surface area contributed by atoms with Crippen LogP contribution in [0.5, 0.6) is 5.75 Å². The average Bonchev–Trinajstić information content (AvgIpc) is 2.91. The first-order valence-electron chi connectivity index (χ1n) is 12.7. The summed E-state index contributed by atoms with van der Waals surface area (Å²) in [6.07, 6.45) is 0.974. The summed E-state index contributed by atoms with van der Waals surface area (Å²) in [6, 6.07) is 10.9. The van der Waals surface area contributed by atoms with E-state index in [-0.39, 0.29) is 43.3 Å². The van der Waals surface area contributed by atoms with Crippen LogP contribution in [0.1, 0.15) is 36.8 Å². The largest absolute Gasteiger partial charge is 0.481 e. The molecular weight excluding hydrogens is 518 g/mol. The summed E-state index contributed by atoms with van der Waals surface area (Å²) in [5, 5.41) is 0. The van der Waals surface area contributed by atoms with Crippen molar-refractivity contribution in [3.63, 3.8) is 0 Å². The lowest BCUT2D eigenvalue weighted by Gasteiger charge is -2.35. The van der Waals surface area contributed by atoms with Gasteiger partial charge in [0.05, 0.1) is 18.5 Å². The molecular formula is C28H33N5O7. The molecule has 3 aromatic rings. The van der Waals surface area contributed by atoms with Gasteiger partial charge in [0.2, 0.25) is 11.7 Å². The van der Waals surface area contributed by atoms with Crippen LogP contribution in [-0.2, 0) is 20.9 Å². The Morgan fingerprint density at radius 1 is 1.07 bits per heavy atom. The summed E-state index contributed by atoms with van der Waals surface area (Å²) >= 11 is 0. The highest BCUT2D eigenvalue weighted by Crippen LogP contribution is 2.29. The number of anilines is 2. The quantitative estimate of drug-likeness (QED) is 0.426. The van der Waals surface area contributed by atoms with Crippen LogP contribution in [0, 0.1) is 0 Å². The Kier molecular flexibility index (Phi) is 7.98. The lowest BCUT2D eigenvalue weighted by Crippen LogP contribution is -2.53. The SMILES string of the molecule is COC(=O)c1nc2c(N3CCN(C(=O)OC(C)(C)C)CC3=O)cc(N(C)C)cn2c(=O)c1OCc1ccccc1. The minimum Gasteiger partial charge on any atom is -0.481 e. The normalized spacial score (nSPS) is 13.8. The van der Waals surface area contributed by atoms with E-state index in [1.807, 2.05) is 30.3 Å². The molecule has 0 aliphatic carbocycles. The van der Waals surface area contributed by atoms with Crippen LogP contribution in [-0.4, -0.2) is 78.7 Å². The number of benzene rings is 1. The van der Waals surface area contributed by atoms with Crippen LogP contribution in [0.15, 0.2) is 47.4 Å². The molecule has 0 saturated carbocycles. The number of ether oxygens (including phenoxy) is 3. The van der Waals surface area contributed by atoms with Gasteiger partial charge < -0.3 is 24.0 Å². The molecule has 1 aromatic carbocycles. The third-order valence-electron chi connectivity index (χ3n) is 6.13. The Morgan fingerprint density at radius 3 is 2.38 bits per heavy atom. The number of carbonyl (C=O) groups excluding carboxylic acids is 3. The van der Waals surface area contributed by atoms with Crippen LogP contribution in [0.4, 0.5) is 16.2 Å². The number of aromatic nitrogens is 2. The Labute approximate surface area is 231 Å². The molecule has 0 unspecified atom stereocenters. The lowest BCUT2D eigenvalue weighted by atomic mass is 10.2. The minimum atomic E-state index is -0.855. The number of methoxy groups -OCH3 is 1. The zero-order valence-electron chi connectivity index (χ0n) is 23.5. The van der Waals surface area contributed by atoms with E-state index in [0.717, 1.165) is 5.56 Å². The molecule has 1 fully saturated rings. The third kappa shape index (κ3) is 6.00. The lowest BCUT2D eigenvalue weighted by molar-refractivity contribution is -0.121. The highest BCUT2D eigenvalue weighted by molar-refractivity contribution is 6.01. The van der Waals surface area contributed by atoms with Gasteiger partial charge in [-0.2, -0.15) is 0 Å². The fourth-order valence-electron chi connectivity index (χ4n) is 4.14. The molecule has 2 amide bonds. The summed E-state index contributed by atoms with van der Waals surface area (Å²) in [5.74, 6) is -1.52. The molecule has 0 atom stereocenters. The Morgan fingerprint density at radius 2 is 1.77 bits per heavy atom. The first-order chi connectivity index (χ1) is 18.9. The molecule has 12 nitrogen and oxygen atoms in total. The van der Waals surface area contributed by atoms with E-state index < -0.39 is 29.1 Å². The van der Waals surface area contributed by atoms with E-state index in [4.69, 9.17) is 14.2 Å². The number of hydrogen-bond acceptors (Lipinski definition) is 9. The number of fused-ring (bicyclic) bond motifs is 1. The second-order valence-corrected chi connectivity index (χ2v) is 10.5. The number of hydrogen-bond donors (Lipinski definition) is 0. The van der Waals surface area contributed by atoms with Gasteiger partial charge in [0.15, 0.2) is 11.3 Å². The smallest absolute Gasteiger partial charge is 0.410 e. The van der Waals surface area contributed by atoms with Crippen LogP contribution in [0.2, 0.25) is 0 Å². The molecule has 1 aliphatic heterocycles. The van der Waals surface area contributed by atoms with Crippen LogP contribution < -0.4 is 20.1 Å². The molecule has 4 rings (SSSR count). The molecule has 40 heavy (non-hydrogen) atoms. The van der Waals surface area contributed by atoms with Crippen LogP contribution >= 0.6 is 0 Å². The van der Waals surface area contributed by atoms with E-state index in [9.17, 15) is 19.2 Å². The van der Waals surface area contributed by atoms with E-state index in [2.05, 4.69) is 4.98 Å². The van der Waals surface area contributed by atoms with Gasteiger partial charge in [-0.25, -0.2) is 14.6 Å². The molecule has 0 bridgehead atoms. The number of rotatable bonds is 6. The van der Waals surface area contributed by atoms with Crippen molar-refractivity contribution in [3.05, 3.63) is 64.2 Å². The summed E-state index contributed by atoms with van der Waals surface area (Å²) in [7, 11) is 4.77. The fourth-order valence-corrected chi connectivity index (χ4v) is 4.14. The zero-order valence-corrected chi connectivity index (χ0v) is 23.5. The monoisotopic (exact) mass is 551 g/mol. The minimum absolute atomic E-state index is 0.0269. The second-order valence-electron chi connectivity index (χ2n) is 10.5. The second kappa shape index (κ2) is 11.2. The Balaban J connectivity index is 1.79. The van der Waals surface area contributed by atoms with Crippen molar-refractivity contribution in [3.8, 4) is 5.75 Å². The molecule has 12 heteroatoms. The molecule has 212 valence electrons. The van der Waals surface area contributed by atoms with Gasteiger partial charge in [0.1, 0.15) is 18.8 Å². The molecule has 0 radical (unpaired) electrons. The summed E-state index contributed by atoms with van der Waals surface area (Å²) in [6.45, 7) is 5.39. The van der Waals surface area contributed by atoms with Gasteiger partial charge in [-0.3, -0.25) is 18.9 Å². The van der Waals surface area contributed by atoms with E-state index >= 15 is 0 Å². The van der Waals surface area contributed by atoms with E-state index in [1.165, 1.54) is 21.3 Å². The van der Waals surface area contributed by atoms with E-state index in [0.29, 0.717) is 11.4 Å². The summed E-state index contributed by atoms with van der Waals surface area (Å²) in [5.41, 5.74) is 0.128. The van der Waals surface area contributed by atoms with Crippen LogP contribution in [0.3, 0.4) is 0 Å². The van der Waals surface area contributed by atoms with Crippen molar-refractivity contribution >= 4 is 35.0 Å². The molecule has 2 aromatic heterocycles. The zero-order chi connectivity index (χ0) is 29.2. The molecule has 1 saturated heterocycles. The predicted molar refractivity (Wildman–Crippen MR) is 148 cm³/mol. The molecule has 0 spiro atoms. The van der Waals surface area contributed by atoms with Crippen molar-refractivity contribution < 1.29 is 28.6 Å². The van der Waals surface area contributed by atoms with Gasteiger partial charge in [-0.05, 0) is 32.4 Å². The van der Waals surface area contributed by atoms with Gasteiger partial charge in [0.25, 0.3) is 0 Å². The van der Waals surface area contributed by atoms with Crippen LogP contribution in [0.25, 0.3) is 5.65 Å². The van der Waals surface area contributed by atoms with Gasteiger partial charge in [-0.15, -0.1) is 0 Å². The van der Waals surface area contributed by atoms with Crippen molar-refractivity contribution in [2.24, 2.45) is 0 Å². The predicted octanol–water partition coefficient (Wildman–Crippen LogP) is 2.71. The van der Waals surface area contributed by atoms with Gasteiger partial charge >= 0.3 is 17.6 Å². The highest BCUT2D eigenvalue weighted by atomic mass is 16.6. The maximum absolute atomic E-state index is 13.8. The average molecular weight is 552 g/mol. The maximum atomic E-state index is 13.8. The fraction of sp³-hybridized carbons (Fsp3) is 0.393. The van der Waals surface area contributed by atoms with Crippen molar-refractivity contribution in [2.75, 3.05) is 50.6 Å². The van der Waals surface area contributed by atoms with Gasteiger partial charge in [-0.1, -0.05) is 30.3 Å². The molecule has 3 heterocycles. The number of pyridine rings is 1. The van der Waals surface area contributed by atoms with E-state index in [1.54, 1.807) is 52.0 Å². The Bertz CT molecular complexity index is 1490. The van der Waals surface area contributed by atoms with Crippen molar-refractivity contribution in [1.29, 1.82) is 0 Å². The Hall–Kier alpha value is -4.61. The molecule has 1 aliphatic rings. The van der Waals surface area contributed by atoms with Crippen molar-refractivity contribution in [1.82, 2.24) is 14.3 Å². The first kappa shape index (κ1) is 28.4. The third-order valence-corrected chi connectivity index (χ3v) is 6.13. The molecule has 0 N–H and O–H groups in total. The maximum Gasteiger partial charge on any atom is 0.410 e. The summed E-state index contributed by atoms with van der Waals surface area (Å²) < 4.78 is 17.4. The number of esters is 1. The standard InChI is InChI=1S/C28H33N5O7/c1-28(2,3)40-27(37)31-12-13-32(21(34)16-31)20-14-19(30(4)5)15-33-24(20)29-22(26(36)38-6)23(25(33)35)39-17-18-10-8-7-9-11-18/h7-11,14-15H,12-13,16-17H2,1-6H3. The van der Waals surface area contributed by atoms with Gasteiger partial charge in [0, 0.05) is 33.4 Å². The first-order valence-corrected chi connectivity index (χ1v) is 12.7. The number of carbonyl (C=O) groups is 3. The number of amides is 2. The topological polar surface area (TPSA) is 123 Å². The summed E-state index contributed by atoms with van der Waals surface area (Å²) in [4.78, 5) is 61.4.